The van der Waals surface area contributed by atoms with E-state index in [2.05, 4.69) is 5.32 Å². The van der Waals surface area contributed by atoms with Crippen molar-refractivity contribution in [3.63, 3.8) is 0 Å². The number of carbonyl (C=O) groups excluding carboxylic acids is 1. The zero-order valence-corrected chi connectivity index (χ0v) is 12.0. The van der Waals surface area contributed by atoms with Crippen LogP contribution in [0.2, 0.25) is 0 Å². The minimum atomic E-state index is -0.306. The first-order chi connectivity index (χ1) is 8.60. The summed E-state index contributed by atoms with van der Waals surface area (Å²) in [5.74, 6) is 0.136. The number of hydrogen-bond donors (Lipinski definition) is 2. The first-order valence-electron chi connectivity index (χ1n) is 7.33. The predicted molar refractivity (Wildman–Crippen MR) is 73.4 cm³/mol. The zero-order valence-electron chi connectivity index (χ0n) is 12.0. The van der Waals surface area contributed by atoms with Crippen molar-refractivity contribution in [2.75, 3.05) is 13.1 Å². The van der Waals surface area contributed by atoms with E-state index in [0.29, 0.717) is 0 Å². The molecule has 1 rings (SSSR count). The summed E-state index contributed by atoms with van der Waals surface area (Å²) in [7, 11) is 0. The van der Waals surface area contributed by atoms with Gasteiger partial charge in [-0.3, -0.25) is 4.79 Å². The normalized spacial score (nSPS) is 26.4. The van der Waals surface area contributed by atoms with Crippen LogP contribution in [0, 0.1) is 0 Å². The Balaban J connectivity index is 2.51. The summed E-state index contributed by atoms with van der Waals surface area (Å²) < 4.78 is 0. The van der Waals surface area contributed by atoms with E-state index in [9.17, 15) is 9.90 Å². The summed E-state index contributed by atoms with van der Waals surface area (Å²) in [5.41, 5.74) is 0. The third kappa shape index (κ3) is 4.25. The van der Waals surface area contributed by atoms with E-state index in [-0.39, 0.29) is 24.1 Å². The van der Waals surface area contributed by atoms with E-state index >= 15 is 0 Å². The third-order valence-electron chi connectivity index (χ3n) is 3.89. The molecule has 1 aliphatic carbocycles. The van der Waals surface area contributed by atoms with Crippen LogP contribution in [0.25, 0.3) is 0 Å². The van der Waals surface area contributed by atoms with E-state index < -0.39 is 0 Å². The van der Waals surface area contributed by atoms with Crippen molar-refractivity contribution in [2.24, 2.45) is 0 Å². The summed E-state index contributed by atoms with van der Waals surface area (Å²) in [4.78, 5) is 14.0. The van der Waals surface area contributed by atoms with E-state index in [4.69, 9.17) is 0 Å². The number of nitrogens with one attached hydrogen (secondary N) is 1. The fourth-order valence-corrected chi connectivity index (χ4v) is 2.68. The van der Waals surface area contributed by atoms with Gasteiger partial charge in [0.05, 0.1) is 12.1 Å². The van der Waals surface area contributed by atoms with Crippen molar-refractivity contribution >= 4 is 5.91 Å². The van der Waals surface area contributed by atoms with Crippen LogP contribution in [0.4, 0.5) is 0 Å². The second-order valence-corrected chi connectivity index (χ2v) is 5.21. The van der Waals surface area contributed by atoms with Gasteiger partial charge in [-0.15, -0.1) is 0 Å². The molecule has 0 spiro atoms. The highest BCUT2D eigenvalue weighted by Crippen LogP contribution is 2.18. The molecule has 0 aromatic rings. The molecule has 1 aliphatic rings. The molecule has 0 bridgehead atoms. The van der Waals surface area contributed by atoms with Crippen molar-refractivity contribution in [1.29, 1.82) is 0 Å². The van der Waals surface area contributed by atoms with Crippen LogP contribution in [0.5, 0.6) is 0 Å². The standard InChI is InChI=1S/C14H28N2O2/c1-4-16(5-2)14(18)11(3)15-12-9-7-6-8-10-13(12)17/h11-13,15,17H,4-10H2,1-3H3. The first-order valence-corrected chi connectivity index (χ1v) is 7.33. The fourth-order valence-electron chi connectivity index (χ4n) is 2.68. The first kappa shape index (κ1) is 15.4. The molecule has 0 saturated heterocycles. The summed E-state index contributed by atoms with van der Waals surface area (Å²) in [6.45, 7) is 7.38. The Kier molecular flexibility index (Phi) is 6.65. The maximum atomic E-state index is 12.2. The van der Waals surface area contributed by atoms with Crippen LogP contribution in [0.15, 0.2) is 0 Å². The fraction of sp³-hybridized carbons (Fsp3) is 0.929. The van der Waals surface area contributed by atoms with Crippen LogP contribution in [-0.4, -0.2) is 47.2 Å². The van der Waals surface area contributed by atoms with Gasteiger partial charge in [0.15, 0.2) is 0 Å². The molecule has 18 heavy (non-hydrogen) atoms. The Morgan fingerprint density at radius 1 is 1.28 bits per heavy atom. The van der Waals surface area contributed by atoms with Crippen LogP contribution < -0.4 is 5.32 Å². The Morgan fingerprint density at radius 3 is 2.50 bits per heavy atom. The topological polar surface area (TPSA) is 52.6 Å². The average Bonchev–Trinajstić information content (AvgIpc) is 2.56. The monoisotopic (exact) mass is 256 g/mol. The van der Waals surface area contributed by atoms with Crippen molar-refractivity contribution in [3.05, 3.63) is 0 Å². The molecule has 1 fully saturated rings. The number of aliphatic hydroxyl groups is 1. The number of rotatable bonds is 5. The quantitative estimate of drug-likeness (QED) is 0.733. The van der Waals surface area contributed by atoms with Crippen LogP contribution >= 0.6 is 0 Å². The molecule has 4 nitrogen and oxygen atoms in total. The molecule has 0 radical (unpaired) electrons. The smallest absolute Gasteiger partial charge is 0.239 e. The number of aliphatic hydroxyl groups excluding tert-OH is 1. The minimum Gasteiger partial charge on any atom is -0.392 e. The maximum absolute atomic E-state index is 12.2. The Hall–Kier alpha value is -0.610. The van der Waals surface area contributed by atoms with Gasteiger partial charge < -0.3 is 15.3 Å². The predicted octanol–water partition coefficient (Wildman–Crippen LogP) is 1.53. The van der Waals surface area contributed by atoms with Crippen molar-refractivity contribution < 1.29 is 9.90 Å². The summed E-state index contributed by atoms with van der Waals surface area (Å²) in [5, 5.41) is 13.4. The molecule has 106 valence electrons. The molecule has 3 atom stereocenters. The van der Waals surface area contributed by atoms with E-state index in [0.717, 1.165) is 38.8 Å². The summed E-state index contributed by atoms with van der Waals surface area (Å²) in [6, 6.07) is -0.135. The van der Waals surface area contributed by atoms with Gasteiger partial charge in [0.25, 0.3) is 0 Å². The molecule has 0 heterocycles. The molecule has 2 N–H and O–H groups in total. The van der Waals surface area contributed by atoms with Crippen LogP contribution in [0.3, 0.4) is 0 Å². The summed E-state index contributed by atoms with van der Waals surface area (Å²) in [6.07, 6.45) is 4.94. The average molecular weight is 256 g/mol. The number of carbonyl (C=O) groups is 1. The van der Waals surface area contributed by atoms with Crippen molar-refractivity contribution in [3.8, 4) is 0 Å². The minimum absolute atomic E-state index is 0.0713. The second-order valence-electron chi connectivity index (χ2n) is 5.21. The van der Waals surface area contributed by atoms with Crippen molar-refractivity contribution in [2.45, 2.75) is 71.1 Å². The Labute approximate surface area is 111 Å². The molecular weight excluding hydrogens is 228 g/mol. The molecule has 4 heteroatoms. The van der Waals surface area contributed by atoms with E-state index in [1.54, 1.807) is 0 Å². The van der Waals surface area contributed by atoms with Gasteiger partial charge >= 0.3 is 0 Å². The molecule has 0 aliphatic heterocycles. The lowest BCUT2D eigenvalue weighted by Gasteiger charge is -2.29. The van der Waals surface area contributed by atoms with Gasteiger partial charge in [0, 0.05) is 19.1 Å². The lowest BCUT2D eigenvalue weighted by Crippen LogP contribution is -2.51. The van der Waals surface area contributed by atoms with Gasteiger partial charge in [-0.2, -0.15) is 0 Å². The van der Waals surface area contributed by atoms with Gasteiger partial charge in [-0.05, 0) is 33.6 Å². The molecular formula is C14H28N2O2. The SMILES string of the molecule is CCN(CC)C(=O)C(C)NC1CCCCCC1O. The van der Waals surface area contributed by atoms with Crippen LogP contribution in [-0.2, 0) is 4.79 Å². The van der Waals surface area contributed by atoms with E-state index in [1.807, 2.05) is 25.7 Å². The van der Waals surface area contributed by atoms with Gasteiger partial charge in [-0.25, -0.2) is 0 Å². The van der Waals surface area contributed by atoms with Gasteiger partial charge in [0.1, 0.15) is 0 Å². The number of nitrogens with zero attached hydrogens (tertiary/aromatic N) is 1. The third-order valence-corrected chi connectivity index (χ3v) is 3.89. The van der Waals surface area contributed by atoms with E-state index in [1.165, 1.54) is 6.42 Å². The molecule has 0 aromatic carbocycles. The highest BCUT2D eigenvalue weighted by molar-refractivity contribution is 5.81. The largest absolute Gasteiger partial charge is 0.392 e. The lowest BCUT2D eigenvalue weighted by molar-refractivity contribution is -0.133. The second kappa shape index (κ2) is 7.74. The Bertz CT molecular complexity index is 254. The highest BCUT2D eigenvalue weighted by Gasteiger charge is 2.26. The molecule has 1 saturated carbocycles. The van der Waals surface area contributed by atoms with Crippen LogP contribution in [0.1, 0.15) is 52.9 Å². The summed E-state index contributed by atoms with van der Waals surface area (Å²) >= 11 is 0. The number of amides is 1. The highest BCUT2D eigenvalue weighted by atomic mass is 16.3. The lowest BCUT2D eigenvalue weighted by atomic mass is 10.0. The Morgan fingerprint density at radius 2 is 1.89 bits per heavy atom. The number of likely N-dealkylation sites (N-methyl/N-ethyl adjacent to an activating group) is 1. The molecule has 0 aromatic heterocycles. The van der Waals surface area contributed by atoms with Gasteiger partial charge in [0.2, 0.25) is 5.91 Å². The number of hydrogen-bond acceptors (Lipinski definition) is 3. The molecule has 1 amide bonds. The van der Waals surface area contributed by atoms with Crippen molar-refractivity contribution in [1.82, 2.24) is 10.2 Å². The van der Waals surface area contributed by atoms with Gasteiger partial charge in [-0.1, -0.05) is 19.3 Å². The molecule has 3 unspecified atom stereocenters. The maximum Gasteiger partial charge on any atom is 0.239 e. The zero-order chi connectivity index (χ0) is 13.5.